The zero-order valence-electron chi connectivity index (χ0n) is 9.81. The van der Waals surface area contributed by atoms with Gasteiger partial charge in [-0.15, -0.1) is 0 Å². The van der Waals surface area contributed by atoms with Gasteiger partial charge in [-0.05, 0) is 35.9 Å². The van der Waals surface area contributed by atoms with Gasteiger partial charge in [0.2, 0.25) is 10.0 Å². The number of hydrogen-bond acceptors (Lipinski definition) is 2. The van der Waals surface area contributed by atoms with Crippen LogP contribution in [0.1, 0.15) is 5.56 Å². The molecule has 0 atom stereocenters. The molecular formula is C13H11ClFNO2S. The molecule has 0 fully saturated rings. The highest BCUT2D eigenvalue weighted by Gasteiger charge is 2.13. The molecule has 0 unspecified atom stereocenters. The van der Waals surface area contributed by atoms with Crippen molar-refractivity contribution < 1.29 is 12.8 Å². The molecule has 0 amide bonds. The number of hydrogen-bond donors (Lipinski definition) is 1. The smallest absolute Gasteiger partial charge is 0.207 e. The predicted molar refractivity (Wildman–Crippen MR) is 71.9 cm³/mol. The van der Waals surface area contributed by atoms with Crippen molar-refractivity contribution in [2.45, 2.75) is 11.4 Å². The third-order valence-electron chi connectivity index (χ3n) is 2.49. The van der Waals surface area contributed by atoms with E-state index in [-0.39, 0.29) is 11.4 Å². The Morgan fingerprint density at radius 1 is 1.11 bits per heavy atom. The highest BCUT2D eigenvalue weighted by molar-refractivity contribution is 7.89. The van der Waals surface area contributed by atoms with Gasteiger partial charge in [0.1, 0.15) is 5.82 Å². The fourth-order valence-electron chi connectivity index (χ4n) is 1.50. The van der Waals surface area contributed by atoms with Crippen LogP contribution in [0, 0.1) is 5.82 Å². The molecule has 2 aromatic rings. The number of nitrogens with one attached hydrogen (secondary N) is 1. The molecular weight excluding hydrogens is 289 g/mol. The summed E-state index contributed by atoms with van der Waals surface area (Å²) in [6.07, 6.45) is 0. The van der Waals surface area contributed by atoms with Crippen molar-refractivity contribution in [3.8, 4) is 0 Å². The van der Waals surface area contributed by atoms with Gasteiger partial charge in [0.15, 0.2) is 0 Å². The van der Waals surface area contributed by atoms with Crippen LogP contribution in [0.4, 0.5) is 4.39 Å². The van der Waals surface area contributed by atoms with Crippen molar-refractivity contribution in [1.29, 1.82) is 0 Å². The molecule has 2 aromatic carbocycles. The van der Waals surface area contributed by atoms with Crippen LogP contribution in [0.3, 0.4) is 0 Å². The first-order valence-corrected chi connectivity index (χ1v) is 7.33. The summed E-state index contributed by atoms with van der Waals surface area (Å²) in [7, 11) is -3.71. The average molecular weight is 300 g/mol. The minimum Gasteiger partial charge on any atom is -0.207 e. The molecule has 0 aromatic heterocycles. The Bertz CT molecular complexity index is 671. The van der Waals surface area contributed by atoms with E-state index in [1.54, 1.807) is 24.3 Å². The molecule has 0 saturated carbocycles. The normalized spacial score (nSPS) is 11.5. The molecule has 0 spiro atoms. The Kier molecular flexibility index (Phi) is 4.19. The maximum Gasteiger partial charge on any atom is 0.240 e. The first kappa shape index (κ1) is 14.0. The van der Waals surface area contributed by atoms with Crippen LogP contribution in [0.5, 0.6) is 0 Å². The summed E-state index contributed by atoms with van der Waals surface area (Å²) in [5.74, 6) is -0.589. The van der Waals surface area contributed by atoms with E-state index < -0.39 is 15.8 Å². The van der Waals surface area contributed by atoms with Gasteiger partial charge in [0, 0.05) is 11.6 Å². The van der Waals surface area contributed by atoms with Crippen LogP contribution in [0.15, 0.2) is 53.4 Å². The second-order valence-electron chi connectivity index (χ2n) is 3.91. The average Bonchev–Trinajstić information content (AvgIpc) is 2.38. The molecule has 1 N–H and O–H groups in total. The topological polar surface area (TPSA) is 46.2 Å². The molecule has 0 heterocycles. The Balaban J connectivity index is 2.12. The Morgan fingerprint density at radius 2 is 1.79 bits per heavy atom. The highest BCUT2D eigenvalue weighted by Crippen LogP contribution is 2.12. The molecule has 0 radical (unpaired) electrons. The first-order valence-electron chi connectivity index (χ1n) is 5.47. The van der Waals surface area contributed by atoms with Crippen LogP contribution >= 0.6 is 11.6 Å². The molecule has 0 saturated heterocycles. The van der Waals surface area contributed by atoms with Gasteiger partial charge >= 0.3 is 0 Å². The molecule has 3 nitrogen and oxygen atoms in total. The number of rotatable bonds is 4. The van der Waals surface area contributed by atoms with Crippen LogP contribution in [-0.4, -0.2) is 8.42 Å². The largest absolute Gasteiger partial charge is 0.240 e. The molecule has 0 bridgehead atoms. The van der Waals surface area contributed by atoms with E-state index >= 15 is 0 Å². The zero-order valence-corrected chi connectivity index (χ0v) is 11.4. The number of halogens is 2. The fraction of sp³-hybridized carbons (Fsp3) is 0.0769. The van der Waals surface area contributed by atoms with Crippen molar-refractivity contribution in [1.82, 2.24) is 4.72 Å². The van der Waals surface area contributed by atoms with E-state index in [9.17, 15) is 12.8 Å². The van der Waals surface area contributed by atoms with Crippen molar-refractivity contribution in [3.05, 3.63) is 64.9 Å². The second kappa shape index (κ2) is 5.69. The third kappa shape index (κ3) is 3.76. The van der Waals surface area contributed by atoms with Gasteiger partial charge in [0.05, 0.1) is 4.90 Å². The molecule has 2 rings (SSSR count). The Morgan fingerprint density at radius 3 is 2.42 bits per heavy atom. The van der Waals surface area contributed by atoms with Crippen molar-refractivity contribution >= 4 is 21.6 Å². The van der Waals surface area contributed by atoms with E-state index in [4.69, 9.17) is 11.6 Å². The van der Waals surface area contributed by atoms with Crippen molar-refractivity contribution in [2.75, 3.05) is 0 Å². The first-order chi connectivity index (χ1) is 8.97. The lowest BCUT2D eigenvalue weighted by Crippen LogP contribution is -2.23. The fourth-order valence-corrected chi connectivity index (χ4v) is 2.67. The molecule has 0 aliphatic heterocycles. The second-order valence-corrected chi connectivity index (χ2v) is 6.11. The van der Waals surface area contributed by atoms with Crippen LogP contribution in [-0.2, 0) is 16.6 Å². The van der Waals surface area contributed by atoms with Gasteiger partial charge in [-0.25, -0.2) is 17.5 Å². The van der Waals surface area contributed by atoms with Crippen LogP contribution < -0.4 is 4.72 Å². The number of benzene rings is 2. The Labute approximate surface area is 116 Å². The van der Waals surface area contributed by atoms with Gasteiger partial charge in [-0.1, -0.05) is 29.8 Å². The molecule has 0 aliphatic carbocycles. The Hall–Kier alpha value is -1.43. The van der Waals surface area contributed by atoms with E-state index in [0.29, 0.717) is 5.02 Å². The van der Waals surface area contributed by atoms with E-state index in [2.05, 4.69) is 4.72 Å². The maximum absolute atomic E-state index is 13.0. The number of sulfonamides is 1. The van der Waals surface area contributed by atoms with Gasteiger partial charge in [-0.2, -0.15) is 0 Å². The molecule has 19 heavy (non-hydrogen) atoms. The van der Waals surface area contributed by atoms with E-state index in [1.807, 2.05) is 0 Å². The summed E-state index contributed by atoms with van der Waals surface area (Å²) in [6.45, 7) is 0.121. The predicted octanol–water partition coefficient (Wildman–Crippen LogP) is 2.96. The minimum absolute atomic E-state index is 0.0959. The zero-order chi connectivity index (χ0) is 13.9. The monoisotopic (exact) mass is 299 g/mol. The van der Waals surface area contributed by atoms with Gasteiger partial charge in [-0.3, -0.25) is 0 Å². The summed E-state index contributed by atoms with van der Waals surface area (Å²) >= 11 is 5.73. The summed E-state index contributed by atoms with van der Waals surface area (Å²) < 4.78 is 39.2. The lowest BCUT2D eigenvalue weighted by molar-refractivity contribution is 0.577. The molecule has 100 valence electrons. The van der Waals surface area contributed by atoms with E-state index in [1.165, 1.54) is 18.2 Å². The lowest BCUT2D eigenvalue weighted by atomic mass is 10.2. The van der Waals surface area contributed by atoms with Gasteiger partial charge < -0.3 is 0 Å². The van der Waals surface area contributed by atoms with Gasteiger partial charge in [0.25, 0.3) is 0 Å². The standard InChI is InChI=1S/C13H11ClFNO2S/c14-11-6-4-10(5-7-11)9-16-19(17,18)13-3-1-2-12(15)8-13/h1-8,16H,9H2. The van der Waals surface area contributed by atoms with Crippen LogP contribution in [0.2, 0.25) is 5.02 Å². The molecule has 0 aliphatic rings. The summed E-state index contributed by atoms with van der Waals surface area (Å²) in [6, 6.07) is 11.6. The summed E-state index contributed by atoms with van der Waals surface area (Å²) in [4.78, 5) is -0.0959. The summed E-state index contributed by atoms with van der Waals surface area (Å²) in [5, 5.41) is 0.580. The summed E-state index contributed by atoms with van der Waals surface area (Å²) in [5.41, 5.74) is 0.768. The quantitative estimate of drug-likeness (QED) is 0.943. The van der Waals surface area contributed by atoms with Crippen LogP contribution in [0.25, 0.3) is 0 Å². The third-order valence-corrected chi connectivity index (χ3v) is 4.14. The lowest BCUT2D eigenvalue weighted by Gasteiger charge is -2.07. The maximum atomic E-state index is 13.0. The highest BCUT2D eigenvalue weighted by atomic mass is 35.5. The van der Waals surface area contributed by atoms with Crippen molar-refractivity contribution in [2.24, 2.45) is 0 Å². The molecule has 6 heteroatoms. The van der Waals surface area contributed by atoms with Crippen molar-refractivity contribution in [3.63, 3.8) is 0 Å². The van der Waals surface area contributed by atoms with E-state index in [0.717, 1.165) is 11.6 Å². The minimum atomic E-state index is -3.71. The SMILES string of the molecule is O=S(=O)(NCc1ccc(Cl)cc1)c1cccc(F)c1.